The number of nitrogens with one attached hydrogen (secondary N) is 1. The number of hydrogen-bond acceptors (Lipinski definition) is 5. The summed E-state index contributed by atoms with van der Waals surface area (Å²) in [5, 5.41) is 2.69. The van der Waals surface area contributed by atoms with Crippen molar-refractivity contribution in [1.29, 1.82) is 0 Å². The van der Waals surface area contributed by atoms with Crippen molar-refractivity contribution in [1.82, 2.24) is 9.88 Å². The quantitative estimate of drug-likeness (QED) is 0.707. The number of carbonyl (C=O) groups excluding carboxylic acids is 3. The molecular formula is C22H20ClFN4O4. The molecule has 0 spiro atoms. The van der Waals surface area contributed by atoms with E-state index in [-0.39, 0.29) is 28.9 Å². The molecule has 1 saturated carbocycles. The lowest BCUT2D eigenvalue weighted by molar-refractivity contribution is -0.123. The number of nitrogens with zero attached hydrogens (tertiary/aromatic N) is 3. The van der Waals surface area contributed by atoms with Gasteiger partial charge >= 0.3 is 6.03 Å². The maximum atomic E-state index is 14.2. The maximum Gasteiger partial charge on any atom is 0.332 e. The molecule has 3 fully saturated rings. The van der Waals surface area contributed by atoms with E-state index in [9.17, 15) is 18.8 Å². The molecule has 1 aromatic heterocycles. The second-order valence-electron chi connectivity index (χ2n) is 8.06. The molecule has 1 aromatic carbocycles. The number of urea groups is 1. The topological polar surface area (TPSA) is 91.8 Å². The van der Waals surface area contributed by atoms with Crippen molar-refractivity contribution < 1.29 is 23.5 Å². The molecule has 2 aliphatic heterocycles. The summed E-state index contributed by atoms with van der Waals surface area (Å²) in [4.78, 5) is 44.8. The van der Waals surface area contributed by atoms with Crippen LogP contribution in [-0.4, -0.2) is 53.5 Å². The lowest BCUT2D eigenvalue weighted by Crippen LogP contribution is -2.45. The van der Waals surface area contributed by atoms with Gasteiger partial charge in [0.25, 0.3) is 11.8 Å². The smallest absolute Gasteiger partial charge is 0.332 e. The van der Waals surface area contributed by atoms with Crippen molar-refractivity contribution in [2.45, 2.75) is 31.2 Å². The predicted octanol–water partition coefficient (Wildman–Crippen LogP) is 3.56. The zero-order chi connectivity index (χ0) is 22.4. The van der Waals surface area contributed by atoms with Crippen LogP contribution in [0.4, 0.5) is 20.6 Å². The van der Waals surface area contributed by atoms with Gasteiger partial charge in [0.2, 0.25) is 0 Å². The number of halogens is 2. The first kappa shape index (κ1) is 20.8. The zero-order valence-electron chi connectivity index (χ0n) is 17.0. The second-order valence-corrected chi connectivity index (χ2v) is 8.46. The van der Waals surface area contributed by atoms with Crippen molar-refractivity contribution in [2.75, 3.05) is 30.0 Å². The molecule has 0 radical (unpaired) electrons. The molecular weight excluding hydrogens is 439 g/mol. The van der Waals surface area contributed by atoms with Crippen molar-refractivity contribution >= 4 is 40.8 Å². The van der Waals surface area contributed by atoms with E-state index >= 15 is 0 Å². The summed E-state index contributed by atoms with van der Waals surface area (Å²) in [5.74, 6) is -1.56. The Morgan fingerprint density at radius 1 is 1.22 bits per heavy atom. The number of rotatable bonds is 4. The Kier molecular flexibility index (Phi) is 5.30. The van der Waals surface area contributed by atoms with Gasteiger partial charge in [0.15, 0.2) is 11.5 Å². The third-order valence-corrected chi connectivity index (χ3v) is 6.43. The van der Waals surface area contributed by atoms with Gasteiger partial charge in [-0.3, -0.25) is 9.59 Å². The molecule has 32 heavy (non-hydrogen) atoms. The number of pyridine rings is 1. The first-order chi connectivity index (χ1) is 15.4. The summed E-state index contributed by atoms with van der Waals surface area (Å²) < 4.78 is 19.5. The van der Waals surface area contributed by atoms with Gasteiger partial charge in [-0.25, -0.2) is 19.1 Å². The van der Waals surface area contributed by atoms with Crippen molar-refractivity contribution in [3.05, 3.63) is 52.6 Å². The van der Waals surface area contributed by atoms with E-state index in [1.54, 1.807) is 6.07 Å². The van der Waals surface area contributed by atoms with Crippen LogP contribution >= 0.6 is 11.6 Å². The highest BCUT2D eigenvalue weighted by atomic mass is 35.5. The molecule has 4 amide bonds. The summed E-state index contributed by atoms with van der Waals surface area (Å²) in [5.41, 5.74) is 0.934. The van der Waals surface area contributed by atoms with Gasteiger partial charge < -0.3 is 15.0 Å². The molecule has 1 unspecified atom stereocenters. The number of imide groups is 1. The van der Waals surface area contributed by atoms with Crippen LogP contribution in [0, 0.1) is 5.82 Å². The Balaban J connectivity index is 1.36. The predicted molar refractivity (Wildman–Crippen MR) is 114 cm³/mol. The van der Waals surface area contributed by atoms with Gasteiger partial charge in [0.05, 0.1) is 23.9 Å². The third-order valence-electron chi connectivity index (χ3n) is 6.12. The van der Waals surface area contributed by atoms with E-state index in [0.717, 1.165) is 24.2 Å². The summed E-state index contributed by atoms with van der Waals surface area (Å²) in [6, 6.07) is 6.14. The fourth-order valence-electron chi connectivity index (χ4n) is 4.13. The first-order valence-corrected chi connectivity index (χ1v) is 10.8. The minimum absolute atomic E-state index is 0.0990. The van der Waals surface area contributed by atoms with Crippen LogP contribution in [0.5, 0.6) is 0 Å². The number of carbonyl (C=O) groups is 3. The average molecular weight is 459 g/mol. The molecule has 10 heteroatoms. The summed E-state index contributed by atoms with van der Waals surface area (Å²) in [6.45, 7) is 0.843. The molecule has 3 heterocycles. The Hall–Kier alpha value is -3.04. The number of aromatic nitrogens is 1. The van der Waals surface area contributed by atoms with Crippen LogP contribution < -0.4 is 10.2 Å². The minimum atomic E-state index is -0.708. The number of morpholine rings is 1. The van der Waals surface area contributed by atoms with E-state index in [1.165, 1.54) is 29.2 Å². The van der Waals surface area contributed by atoms with Gasteiger partial charge in [-0.05, 0) is 43.2 Å². The number of hydrogen-bond donors (Lipinski definition) is 1. The third kappa shape index (κ3) is 3.51. The van der Waals surface area contributed by atoms with E-state index in [4.69, 9.17) is 16.3 Å². The Morgan fingerprint density at radius 3 is 2.72 bits per heavy atom. The first-order valence-electron chi connectivity index (χ1n) is 10.4. The number of amides is 4. The van der Waals surface area contributed by atoms with Gasteiger partial charge in [-0.1, -0.05) is 18.0 Å². The van der Waals surface area contributed by atoms with Gasteiger partial charge in [0, 0.05) is 23.8 Å². The highest BCUT2D eigenvalue weighted by molar-refractivity contribution is 6.36. The normalized spacial score (nSPS) is 20.9. The monoisotopic (exact) mass is 458 g/mol. The Morgan fingerprint density at radius 2 is 2.03 bits per heavy atom. The van der Waals surface area contributed by atoms with Crippen molar-refractivity contribution in [3.8, 4) is 0 Å². The van der Waals surface area contributed by atoms with Crippen LogP contribution in [0.1, 0.15) is 41.4 Å². The molecule has 2 saturated heterocycles. The van der Waals surface area contributed by atoms with Gasteiger partial charge in [-0.15, -0.1) is 0 Å². The molecule has 0 bridgehead atoms. The molecule has 1 N–H and O–H groups in total. The standard InChI is InChI=1S/C22H20ClFN4O4/c23-14-10-13(25-20(29)19-15(24)5-6-16(26-19)12-2-1-3-12)4-7-17(14)28-21(30)18-11-32-9-8-27(18)22(28)31/h4-7,10,12,18H,1-3,8-9,11H2,(H,25,29). The molecule has 166 valence electrons. The van der Waals surface area contributed by atoms with Crippen LogP contribution in [0.15, 0.2) is 30.3 Å². The largest absolute Gasteiger partial charge is 0.377 e. The molecule has 3 aliphatic rings. The van der Waals surface area contributed by atoms with E-state index in [0.29, 0.717) is 24.5 Å². The van der Waals surface area contributed by atoms with Crippen LogP contribution in [-0.2, 0) is 9.53 Å². The number of benzene rings is 1. The maximum absolute atomic E-state index is 14.2. The fraction of sp³-hybridized carbons (Fsp3) is 0.364. The number of fused-ring (bicyclic) bond motifs is 1. The van der Waals surface area contributed by atoms with E-state index < -0.39 is 29.7 Å². The average Bonchev–Trinajstić information content (AvgIpc) is 2.99. The number of anilines is 2. The van der Waals surface area contributed by atoms with E-state index in [2.05, 4.69) is 10.3 Å². The summed E-state index contributed by atoms with van der Waals surface area (Å²) in [7, 11) is 0. The SMILES string of the molecule is O=C(Nc1ccc(N2C(=O)C3COCCN3C2=O)c(Cl)c1)c1nc(C2CCC2)ccc1F. The lowest BCUT2D eigenvalue weighted by atomic mass is 9.82. The Labute approximate surface area is 188 Å². The highest BCUT2D eigenvalue weighted by Crippen LogP contribution is 2.36. The summed E-state index contributed by atoms with van der Waals surface area (Å²) >= 11 is 6.35. The molecule has 2 aromatic rings. The molecule has 1 atom stereocenters. The Bertz CT molecular complexity index is 1100. The summed E-state index contributed by atoms with van der Waals surface area (Å²) in [6.07, 6.45) is 3.06. The second kappa shape index (κ2) is 8.14. The molecule has 8 nitrogen and oxygen atoms in total. The highest BCUT2D eigenvalue weighted by Gasteiger charge is 2.47. The van der Waals surface area contributed by atoms with Crippen molar-refractivity contribution in [3.63, 3.8) is 0 Å². The minimum Gasteiger partial charge on any atom is -0.377 e. The van der Waals surface area contributed by atoms with Crippen LogP contribution in [0.25, 0.3) is 0 Å². The van der Waals surface area contributed by atoms with Crippen LogP contribution in [0.3, 0.4) is 0 Å². The lowest BCUT2D eigenvalue weighted by Gasteiger charge is -2.26. The fourth-order valence-corrected chi connectivity index (χ4v) is 4.40. The number of ether oxygens (including phenoxy) is 1. The molecule has 5 rings (SSSR count). The molecule has 1 aliphatic carbocycles. The zero-order valence-corrected chi connectivity index (χ0v) is 17.8. The van der Waals surface area contributed by atoms with Gasteiger partial charge in [0.1, 0.15) is 6.04 Å². The van der Waals surface area contributed by atoms with Crippen LogP contribution in [0.2, 0.25) is 5.02 Å². The van der Waals surface area contributed by atoms with Gasteiger partial charge in [-0.2, -0.15) is 0 Å². The van der Waals surface area contributed by atoms with Crippen molar-refractivity contribution in [2.24, 2.45) is 0 Å². The van der Waals surface area contributed by atoms with E-state index in [1.807, 2.05) is 0 Å².